The molecule has 0 atom stereocenters. The molecule has 2 N–H and O–H groups in total. The molecular formula is C10H11ClN4OS. The summed E-state index contributed by atoms with van der Waals surface area (Å²) in [5.41, 5.74) is 8.32. The van der Waals surface area contributed by atoms with E-state index in [1.807, 2.05) is 12.4 Å². The van der Waals surface area contributed by atoms with Crippen LogP contribution in [0.4, 0.5) is 5.95 Å². The molecule has 0 unspecified atom stereocenters. The topological polar surface area (TPSA) is 73.9 Å². The Hall–Kier alpha value is -1.40. The molecule has 0 bridgehead atoms. The van der Waals surface area contributed by atoms with Crippen molar-refractivity contribution in [2.45, 2.75) is 13.3 Å². The van der Waals surface area contributed by atoms with Crippen molar-refractivity contribution >= 4 is 28.9 Å². The van der Waals surface area contributed by atoms with E-state index in [1.165, 1.54) is 10.9 Å². The van der Waals surface area contributed by atoms with E-state index in [-0.39, 0.29) is 11.1 Å². The first-order chi connectivity index (χ1) is 8.15. The number of aromatic nitrogens is 3. The summed E-state index contributed by atoms with van der Waals surface area (Å²) in [6.07, 6.45) is 0.790. The Morgan fingerprint density at radius 2 is 2.29 bits per heavy atom. The molecule has 90 valence electrons. The number of ether oxygens (including phenoxy) is 1. The van der Waals surface area contributed by atoms with E-state index in [1.54, 1.807) is 11.3 Å². The first-order valence-corrected chi connectivity index (χ1v) is 6.23. The fourth-order valence-electron chi connectivity index (χ4n) is 1.30. The van der Waals surface area contributed by atoms with Crippen LogP contribution in [0, 0.1) is 6.92 Å². The van der Waals surface area contributed by atoms with Crippen LogP contribution in [-0.2, 0) is 6.42 Å². The third-order valence-corrected chi connectivity index (χ3v) is 3.30. The molecular weight excluding hydrogens is 260 g/mol. The fourth-order valence-corrected chi connectivity index (χ4v) is 2.24. The van der Waals surface area contributed by atoms with Gasteiger partial charge in [-0.1, -0.05) is 11.6 Å². The van der Waals surface area contributed by atoms with Crippen molar-refractivity contribution in [1.82, 2.24) is 15.0 Å². The first-order valence-electron chi connectivity index (χ1n) is 4.97. The van der Waals surface area contributed by atoms with Gasteiger partial charge in [0.15, 0.2) is 0 Å². The lowest BCUT2D eigenvalue weighted by molar-refractivity contribution is 0.310. The van der Waals surface area contributed by atoms with Gasteiger partial charge >= 0.3 is 0 Å². The number of rotatable bonds is 4. The molecule has 2 rings (SSSR count). The van der Waals surface area contributed by atoms with Crippen molar-refractivity contribution < 1.29 is 4.74 Å². The Kier molecular flexibility index (Phi) is 3.75. The second-order valence-electron chi connectivity index (χ2n) is 3.35. The zero-order chi connectivity index (χ0) is 12.3. The highest BCUT2D eigenvalue weighted by molar-refractivity contribution is 7.09. The van der Waals surface area contributed by atoms with Crippen molar-refractivity contribution in [3.05, 3.63) is 27.3 Å². The number of halogens is 1. The molecule has 0 amide bonds. The number of anilines is 1. The number of nitrogens with two attached hydrogens (primary N) is 1. The maximum absolute atomic E-state index is 5.73. The molecule has 0 saturated carbocycles. The molecule has 0 aliphatic rings. The van der Waals surface area contributed by atoms with Gasteiger partial charge in [-0.25, -0.2) is 9.97 Å². The molecule has 5 nitrogen and oxygen atoms in total. The maximum Gasteiger partial charge on any atom is 0.224 e. The molecule has 7 heteroatoms. The van der Waals surface area contributed by atoms with E-state index in [9.17, 15) is 0 Å². The van der Waals surface area contributed by atoms with Crippen LogP contribution in [0.5, 0.6) is 5.88 Å². The minimum absolute atomic E-state index is 0.112. The largest absolute Gasteiger partial charge is 0.477 e. The van der Waals surface area contributed by atoms with Gasteiger partial charge in [-0.15, -0.1) is 11.3 Å². The quantitative estimate of drug-likeness (QED) is 0.861. The normalized spacial score (nSPS) is 10.5. The minimum Gasteiger partial charge on any atom is -0.477 e. The van der Waals surface area contributed by atoms with Crippen molar-refractivity contribution in [3.63, 3.8) is 0 Å². The van der Waals surface area contributed by atoms with Gasteiger partial charge < -0.3 is 10.5 Å². The van der Waals surface area contributed by atoms with Crippen LogP contribution >= 0.6 is 22.9 Å². The molecule has 0 spiro atoms. The lowest BCUT2D eigenvalue weighted by Gasteiger charge is -2.05. The van der Waals surface area contributed by atoms with Crippen LogP contribution in [0.3, 0.4) is 0 Å². The molecule has 0 aromatic carbocycles. The first kappa shape index (κ1) is 12.1. The lowest BCUT2D eigenvalue weighted by Crippen LogP contribution is -2.04. The summed E-state index contributed by atoms with van der Waals surface area (Å²) in [4.78, 5) is 13.0. The number of thiazole rings is 1. The molecule has 0 aliphatic heterocycles. The van der Waals surface area contributed by atoms with E-state index in [2.05, 4.69) is 15.0 Å². The molecule has 0 fully saturated rings. The Morgan fingerprint density at radius 1 is 1.47 bits per heavy atom. The van der Waals surface area contributed by atoms with Gasteiger partial charge in [-0.3, -0.25) is 0 Å². The summed E-state index contributed by atoms with van der Waals surface area (Å²) in [6, 6.07) is 1.54. The minimum atomic E-state index is 0.112. The summed E-state index contributed by atoms with van der Waals surface area (Å²) in [6.45, 7) is 2.49. The van der Waals surface area contributed by atoms with Gasteiger partial charge in [-0.05, 0) is 6.92 Å². The van der Waals surface area contributed by atoms with Crippen LogP contribution in [0.2, 0.25) is 5.15 Å². The predicted molar refractivity (Wildman–Crippen MR) is 67.5 cm³/mol. The van der Waals surface area contributed by atoms with Crippen molar-refractivity contribution in [2.75, 3.05) is 12.3 Å². The van der Waals surface area contributed by atoms with Gasteiger partial charge in [0.25, 0.3) is 0 Å². The summed E-state index contributed by atoms with van der Waals surface area (Å²) in [5.74, 6) is 0.506. The van der Waals surface area contributed by atoms with Crippen molar-refractivity contribution in [3.8, 4) is 5.88 Å². The molecule has 2 aromatic rings. The van der Waals surface area contributed by atoms with Gasteiger partial charge in [0.05, 0.1) is 17.8 Å². The third kappa shape index (κ3) is 3.28. The average Bonchev–Trinajstić information content (AvgIpc) is 2.63. The standard InChI is InChI=1S/C10H11ClN4OS/c1-6-7(17-5-13-6)2-3-16-9-4-8(11)14-10(12)15-9/h4-5H,2-3H2,1H3,(H2,12,14,15). The second-order valence-corrected chi connectivity index (χ2v) is 4.67. The van der Waals surface area contributed by atoms with Crippen molar-refractivity contribution in [2.24, 2.45) is 0 Å². The molecule has 17 heavy (non-hydrogen) atoms. The molecule has 0 saturated heterocycles. The summed E-state index contributed by atoms with van der Waals surface area (Å²) in [5, 5.41) is 0.279. The highest BCUT2D eigenvalue weighted by Crippen LogP contribution is 2.16. The highest BCUT2D eigenvalue weighted by atomic mass is 35.5. The van der Waals surface area contributed by atoms with Gasteiger partial charge in [0.1, 0.15) is 5.15 Å². The average molecular weight is 271 g/mol. The number of hydrogen-bond acceptors (Lipinski definition) is 6. The second kappa shape index (κ2) is 5.29. The monoisotopic (exact) mass is 270 g/mol. The Balaban J connectivity index is 1.92. The van der Waals surface area contributed by atoms with Crippen LogP contribution in [-0.4, -0.2) is 21.6 Å². The summed E-state index contributed by atoms with van der Waals surface area (Å²) in [7, 11) is 0. The summed E-state index contributed by atoms with van der Waals surface area (Å²) >= 11 is 7.35. The number of hydrogen-bond donors (Lipinski definition) is 1. The van der Waals surface area contributed by atoms with E-state index >= 15 is 0 Å². The SMILES string of the molecule is Cc1ncsc1CCOc1cc(Cl)nc(N)n1. The number of nitrogen functional groups attached to an aromatic ring is 1. The van der Waals surface area contributed by atoms with Crippen LogP contribution in [0.25, 0.3) is 0 Å². The van der Waals surface area contributed by atoms with E-state index in [0.717, 1.165) is 12.1 Å². The Bertz CT molecular complexity index is 497. The van der Waals surface area contributed by atoms with E-state index in [4.69, 9.17) is 22.1 Å². The fraction of sp³-hybridized carbons (Fsp3) is 0.300. The number of aryl methyl sites for hydroxylation is 1. The predicted octanol–water partition coefficient (Wildman–Crippen LogP) is 2.10. The zero-order valence-electron chi connectivity index (χ0n) is 9.18. The Morgan fingerprint density at radius 3 is 2.94 bits per heavy atom. The summed E-state index contributed by atoms with van der Waals surface area (Å²) < 4.78 is 5.46. The van der Waals surface area contributed by atoms with Gasteiger partial charge in [-0.2, -0.15) is 4.98 Å². The molecule has 0 aliphatic carbocycles. The molecule has 2 aromatic heterocycles. The maximum atomic E-state index is 5.73. The zero-order valence-corrected chi connectivity index (χ0v) is 10.8. The number of nitrogens with zero attached hydrogens (tertiary/aromatic N) is 3. The van der Waals surface area contributed by atoms with Gasteiger partial charge in [0.2, 0.25) is 11.8 Å². The third-order valence-electron chi connectivity index (χ3n) is 2.11. The van der Waals surface area contributed by atoms with Crippen LogP contribution in [0.1, 0.15) is 10.6 Å². The molecule has 0 radical (unpaired) electrons. The van der Waals surface area contributed by atoms with Crippen LogP contribution in [0.15, 0.2) is 11.6 Å². The molecule has 2 heterocycles. The highest BCUT2D eigenvalue weighted by Gasteiger charge is 2.04. The van der Waals surface area contributed by atoms with E-state index < -0.39 is 0 Å². The van der Waals surface area contributed by atoms with Crippen LogP contribution < -0.4 is 10.5 Å². The van der Waals surface area contributed by atoms with Crippen molar-refractivity contribution in [1.29, 1.82) is 0 Å². The Labute approximate surface area is 108 Å². The van der Waals surface area contributed by atoms with Gasteiger partial charge in [0, 0.05) is 17.4 Å². The lowest BCUT2D eigenvalue weighted by atomic mass is 10.3. The smallest absolute Gasteiger partial charge is 0.224 e. The van der Waals surface area contributed by atoms with E-state index in [0.29, 0.717) is 12.5 Å².